The minimum absolute atomic E-state index is 0.254. The molecular formula is C22H23N5O2S. The first-order chi connectivity index (χ1) is 14.5. The zero-order valence-corrected chi connectivity index (χ0v) is 17.7. The maximum Gasteiger partial charge on any atom is 0.273 e. The molecule has 2 aromatic heterocycles. The van der Waals surface area contributed by atoms with Gasteiger partial charge in [-0.05, 0) is 37.1 Å². The number of nitriles is 1. The number of anilines is 1. The molecule has 7 nitrogen and oxygen atoms in total. The lowest BCUT2D eigenvalue weighted by Crippen LogP contribution is -2.25. The second kappa shape index (κ2) is 9.94. The molecule has 30 heavy (non-hydrogen) atoms. The molecular weight excluding hydrogens is 398 g/mol. The predicted octanol–water partition coefficient (Wildman–Crippen LogP) is 3.89. The number of hydrogen-bond donors (Lipinski definition) is 2. The number of hydrogen-bond acceptors (Lipinski definition) is 5. The van der Waals surface area contributed by atoms with Gasteiger partial charge < -0.3 is 5.32 Å². The number of rotatable bonds is 8. The third kappa shape index (κ3) is 4.99. The van der Waals surface area contributed by atoms with Crippen LogP contribution in [0.3, 0.4) is 0 Å². The molecule has 0 aliphatic rings. The van der Waals surface area contributed by atoms with E-state index in [1.807, 2.05) is 31.2 Å². The number of pyridine rings is 1. The van der Waals surface area contributed by atoms with Gasteiger partial charge >= 0.3 is 0 Å². The Morgan fingerprint density at radius 1 is 1.27 bits per heavy atom. The van der Waals surface area contributed by atoms with E-state index in [-0.39, 0.29) is 11.5 Å². The highest BCUT2D eigenvalue weighted by atomic mass is 32.2. The number of benzene rings is 1. The Morgan fingerprint density at radius 2 is 2.03 bits per heavy atom. The van der Waals surface area contributed by atoms with Gasteiger partial charge in [-0.2, -0.15) is 5.26 Å². The lowest BCUT2D eigenvalue weighted by molar-refractivity contribution is -0.115. The number of carbonyl (C=O) groups is 1. The van der Waals surface area contributed by atoms with Gasteiger partial charge in [0.1, 0.15) is 16.9 Å². The SMILES string of the molecule is CCCc1ccc(C#N)c(SC(CC)C(=O)Nc2cc(=O)n(-c3ccccc3)[nH]2)n1. The molecule has 0 fully saturated rings. The fourth-order valence-corrected chi connectivity index (χ4v) is 3.96. The van der Waals surface area contributed by atoms with Crippen LogP contribution in [-0.4, -0.2) is 25.9 Å². The highest BCUT2D eigenvalue weighted by molar-refractivity contribution is 8.00. The summed E-state index contributed by atoms with van der Waals surface area (Å²) in [4.78, 5) is 29.7. The van der Waals surface area contributed by atoms with Crippen molar-refractivity contribution in [2.45, 2.75) is 43.4 Å². The van der Waals surface area contributed by atoms with Crippen LogP contribution in [0, 0.1) is 11.3 Å². The molecule has 0 aliphatic carbocycles. The second-order valence-corrected chi connectivity index (χ2v) is 7.89. The summed E-state index contributed by atoms with van der Waals surface area (Å²) in [5.74, 6) is 0.0663. The van der Waals surface area contributed by atoms with Crippen molar-refractivity contribution in [2.75, 3.05) is 5.32 Å². The van der Waals surface area contributed by atoms with Gasteiger partial charge in [-0.1, -0.05) is 50.2 Å². The Labute approximate surface area is 179 Å². The Bertz CT molecular complexity index is 1110. The Morgan fingerprint density at radius 3 is 2.70 bits per heavy atom. The van der Waals surface area contributed by atoms with Gasteiger partial charge in [-0.3, -0.25) is 14.7 Å². The van der Waals surface area contributed by atoms with E-state index in [0.29, 0.717) is 28.5 Å². The molecule has 1 unspecified atom stereocenters. The van der Waals surface area contributed by atoms with Crippen LogP contribution < -0.4 is 10.9 Å². The molecule has 8 heteroatoms. The largest absolute Gasteiger partial charge is 0.310 e. The predicted molar refractivity (Wildman–Crippen MR) is 118 cm³/mol. The van der Waals surface area contributed by atoms with Crippen LogP contribution in [0.15, 0.2) is 58.4 Å². The summed E-state index contributed by atoms with van der Waals surface area (Å²) in [6.07, 6.45) is 2.31. The molecule has 0 aliphatic heterocycles. The third-order valence-corrected chi connectivity index (χ3v) is 5.82. The van der Waals surface area contributed by atoms with Crippen molar-refractivity contribution in [2.24, 2.45) is 0 Å². The Balaban J connectivity index is 1.77. The molecule has 3 rings (SSSR count). The molecule has 0 radical (unpaired) electrons. The number of aromatic nitrogens is 3. The summed E-state index contributed by atoms with van der Waals surface area (Å²) in [6, 6.07) is 16.2. The lowest BCUT2D eigenvalue weighted by Gasteiger charge is -2.15. The van der Waals surface area contributed by atoms with E-state index >= 15 is 0 Å². The van der Waals surface area contributed by atoms with Crippen LogP contribution >= 0.6 is 11.8 Å². The number of amides is 1. The monoisotopic (exact) mass is 421 g/mol. The average molecular weight is 422 g/mol. The number of aryl methyl sites for hydroxylation is 1. The number of aromatic amines is 1. The first kappa shape index (κ1) is 21.4. The van der Waals surface area contributed by atoms with Gasteiger partial charge in [-0.25, -0.2) is 9.67 Å². The summed E-state index contributed by atoms with van der Waals surface area (Å²) in [5, 5.41) is 15.2. The number of nitrogens with one attached hydrogen (secondary N) is 2. The van der Waals surface area contributed by atoms with E-state index < -0.39 is 5.25 Å². The van der Waals surface area contributed by atoms with Crippen LogP contribution in [0.4, 0.5) is 5.82 Å². The van der Waals surface area contributed by atoms with E-state index in [0.717, 1.165) is 18.5 Å². The maximum atomic E-state index is 12.8. The van der Waals surface area contributed by atoms with E-state index in [1.165, 1.54) is 22.5 Å². The van der Waals surface area contributed by atoms with Crippen LogP contribution in [0.2, 0.25) is 0 Å². The normalized spacial score (nSPS) is 11.6. The van der Waals surface area contributed by atoms with Gasteiger partial charge in [0, 0.05) is 11.8 Å². The number of carbonyl (C=O) groups excluding carboxylic acids is 1. The van der Waals surface area contributed by atoms with E-state index in [1.54, 1.807) is 18.2 Å². The molecule has 0 saturated carbocycles. The fourth-order valence-electron chi connectivity index (χ4n) is 2.95. The minimum atomic E-state index is -0.454. The zero-order valence-electron chi connectivity index (χ0n) is 16.9. The highest BCUT2D eigenvalue weighted by Gasteiger charge is 2.22. The molecule has 0 bridgehead atoms. The van der Waals surface area contributed by atoms with E-state index in [4.69, 9.17) is 0 Å². The molecule has 1 aromatic carbocycles. The van der Waals surface area contributed by atoms with Crippen molar-refractivity contribution in [3.05, 3.63) is 70.1 Å². The van der Waals surface area contributed by atoms with Crippen molar-refractivity contribution in [3.8, 4) is 11.8 Å². The Hall–Kier alpha value is -3.31. The van der Waals surface area contributed by atoms with Crippen molar-refractivity contribution >= 4 is 23.5 Å². The first-order valence-corrected chi connectivity index (χ1v) is 10.7. The summed E-state index contributed by atoms with van der Waals surface area (Å²) in [5.41, 5.74) is 1.77. The maximum absolute atomic E-state index is 12.8. The van der Waals surface area contributed by atoms with Gasteiger partial charge in [0.25, 0.3) is 5.56 Å². The summed E-state index contributed by atoms with van der Waals surface area (Å²) in [7, 11) is 0. The van der Waals surface area contributed by atoms with E-state index in [2.05, 4.69) is 28.4 Å². The minimum Gasteiger partial charge on any atom is -0.310 e. The summed E-state index contributed by atoms with van der Waals surface area (Å²) >= 11 is 1.27. The molecule has 2 heterocycles. The topological polar surface area (TPSA) is 104 Å². The standard InChI is InChI=1S/C22H23N5O2S/c1-3-8-16-12-11-15(14-23)22(24-16)30-18(4-2)21(29)25-19-13-20(28)27(26-19)17-9-6-5-7-10-17/h5-7,9-13,18,26H,3-4,8H2,1-2H3,(H,25,29). The zero-order chi connectivity index (χ0) is 21.5. The van der Waals surface area contributed by atoms with Crippen molar-refractivity contribution in [3.63, 3.8) is 0 Å². The molecule has 1 atom stereocenters. The molecule has 0 saturated heterocycles. The summed E-state index contributed by atoms with van der Waals surface area (Å²) < 4.78 is 1.37. The molecule has 0 spiro atoms. The summed E-state index contributed by atoms with van der Waals surface area (Å²) in [6.45, 7) is 3.97. The van der Waals surface area contributed by atoms with Gasteiger partial charge in [0.2, 0.25) is 5.91 Å². The Kier molecular flexibility index (Phi) is 7.09. The average Bonchev–Trinajstić information content (AvgIpc) is 3.12. The van der Waals surface area contributed by atoms with Gasteiger partial charge in [0.15, 0.2) is 0 Å². The number of nitrogens with zero attached hydrogens (tertiary/aromatic N) is 3. The molecule has 154 valence electrons. The number of H-pyrrole nitrogens is 1. The van der Waals surface area contributed by atoms with Crippen LogP contribution in [0.25, 0.3) is 5.69 Å². The van der Waals surface area contributed by atoms with E-state index in [9.17, 15) is 14.9 Å². The number of para-hydroxylation sites is 1. The molecule has 2 N–H and O–H groups in total. The van der Waals surface area contributed by atoms with Crippen molar-refractivity contribution < 1.29 is 4.79 Å². The number of thioether (sulfide) groups is 1. The second-order valence-electron chi connectivity index (χ2n) is 6.70. The van der Waals surface area contributed by atoms with Gasteiger partial charge in [-0.15, -0.1) is 0 Å². The first-order valence-electron chi connectivity index (χ1n) is 9.80. The van der Waals surface area contributed by atoms with Crippen LogP contribution in [0.1, 0.15) is 37.9 Å². The molecule has 3 aromatic rings. The third-order valence-electron chi connectivity index (χ3n) is 4.45. The van der Waals surface area contributed by atoms with Crippen LogP contribution in [-0.2, 0) is 11.2 Å². The van der Waals surface area contributed by atoms with Gasteiger partial charge in [0.05, 0.1) is 16.5 Å². The molecule has 1 amide bonds. The lowest BCUT2D eigenvalue weighted by atomic mass is 10.2. The smallest absolute Gasteiger partial charge is 0.273 e. The van der Waals surface area contributed by atoms with Crippen molar-refractivity contribution in [1.29, 1.82) is 5.26 Å². The fraction of sp³-hybridized carbons (Fsp3) is 0.273. The quantitative estimate of drug-likeness (QED) is 0.537. The highest BCUT2D eigenvalue weighted by Crippen LogP contribution is 2.28. The van der Waals surface area contributed by atoms with Crippen molar-refractivity contribution in [1.82, 2.24) is 14.8 Å². The van der Waals surface area contributed by atoms with Crippen LogP contribution in [0.5, 0.6) is 0 Å².